The number of unbranched alkanes of at least 4 members (excludes halogenated alkanes) is 7. The highest BCUT2D eigenvalue weighted by Gasteiger charge is 2.25. The van der Waals surface area contributed by atoms with E-state index in [1.165, 1.54) is 80.3 Å². The fourth-order valence-electron chi connectivity index (χ4n) is 7.73. The van der Waals surface area contributed by atoms with Crippen LogP contribution in [0.4, 0.5) is 34.3 Å². The van der Waals surface area contributed by atoms with Crippen molar-refractivity contribution in [3.05, 3.63) is 146 Å². The number of methoxy groups -OCH3 is 1. The van der Waals surface area contributed by atoms with E-state index in [1.54, 1.807) is 30.3 Å². The second kappa shape index (κ2) is 28.5. The summed E-state index contributed by atoms with van der Waals surface area (Å²) in [6.07, 6.45) is 7.58. The quantitative estimate of drug-likeness (QED) is 0.0136. The summed E-state index contributed by atoms with van der Waals surface area (Å²) in [4.78, 5) is 26.9. The highest BCUT2D eigenvalue weighted by Crippen LogP contribution is 2.38. The molecule has 1 aromatic heterocycles. The molecule has 22 nitrogen and oxygen atoms in total. The van der Waals surface area contributed by atoms with Gasteiger partial charge in [0.1, 0.15) is 40.1 Å². The van der Waals surface area contributed by atoms with Gasteiger partial charge in [0.25, 0.3) is 26.1 Å². The zero-order valence-corrected chi connectivity index (χ0v) is 49.4. The van der Waals surface area contributed by atoms with E-state index in [2.05, 4.69) is 37.6 Å². The molecule has 0 aliphatic carbocycles. The number of phenolic OH excluding ortho intramolecular Hbond substituents is 1. The van der Waals surface area contributed by atoms with Crippen LogP contribution in [0, 0.1) is 0 Å². The molecule has 0 spiro atoms. The van der Waals surface area contributed by atoms with Gasteiger partial charge in [0.05, 0.1) is 48.2 Å². The summed E-state index contributed by atoms with van der Waals surface area (Å²) < 4.78 is 118. The first-order chi connectivity index (χ1) is 39.0. The Labute approximate surface area is 496 Å². The first-order valence-corrected chi connectivity index (χ1v) is 31.1. The van der Waals surface area contributed by atoms with Crippen LogP contribution < -0.4 is 38.8 Å². The molecule has 0 aliphatic rings. The molecule has 30 heteroatoms. The normalized spacial score (nSPS) is 12.8. The molecule has 0 saturated carbocycles. The molecule has 436 valence electrons. The molecule has 7 N–H and O–H groups in total. The molecule has 7 aromatic rings. The summed E-state index contributed by atoms with van der Waals surface area (Å²) in [6, 6.07) is 25.1. The van der Waals surface area contributed by atoms with E-state index in [1.807, 2.05) is 0 Å². The van der Waals surface area contributed by atoms with Gasteiger partial charge in [-0.1, -0.05) is 98.3 Å². The summed E-state index contributed by atoms with van der Waals surface area (Å²) in [5.41, 5.74) is -0.708. The van der Waals surface area contributed by atoms with Crippen molar-refractivity contribution in [2.45, 2.75) is 85.5 Å². The first kappa shape index (κ1) is 62.9. The highest BCUT2D eigenvalue weighted by atomic mass is 35.5. The zero-order valence-electron chi connectivity index (χ0n) is 43.1. The number of rotatable bonds is 28. The Kier molecular flexibility index (Phi) is 21.9. The molecule has 82 heavy (non-hydrogen) atoms. The summed E-state index contributed by atoms with van der Waals surface area (Å²) in [5.74, 6) is -0.592. The van der Waals surface area contributed by atoms with Crippen LogP contribution in [0.3, 0.4) is 0 Å². The van der Waals surface area contributed by atoms with Crippen molar-refractivity contribution in [1.82, 2.24) is 9.78 Å². The van der Waals surface area contributed by atoms with Gasteiger partial charge in [-0.3, -0.25) is 28.5 Å². The van der Waals surface area contributed by atoms with Gasteiger partial charge in [0, 0.05) is 28.9 Å². The summed E-state index contributed by atoms with van der Waals surface area (Å²) in [6.45, 7) is 2.16. The van der Waals surface area contributed by atoms with Crippen molar-refractivity contribution in [1.29, 1.82) is 0 Å². The van der Waals surface area contributed by atoms with Crippen LogP contribution in [0.15, 0.2) is 145 Å². The summed E-state index contributed by atoms with van der Waals surface area (Å²) >= 11 is 21.6. The van der Waals surface area contributed by atoms with Crippen LogP contribution in [0.1, 0.15) is 64.7 Å². The number of phenols is 1. The largest absolute Gasteiger partial charge is 0.508 e. The predicted molar refractivity (Wildman–Crippen MR) is 314 cm³/mol. The second-order valence-corrected chi connectivity index (χ2v) is 24.2. The molecule has 0 radical (unpaired) electrons. The number of H-pyrrole nitrogens is 1. The number of nitrogens with zero attached hydrogens (tertiary/aromatic N) is 3. The van der Waals surface area contributed by atoms with Gasteiger partial charge < -0.3 is 33.6 Å². The van der Waals surface area contributed by atoms with E-state index < -0.39 is 75.7 Å². The molecular formula is C52H51Cl4N7O15S4. The second-order valence-electron chi connectivity index (χ2n) is 17.8. The van der Waals surface area contributed by atoms with Crippen molar-refractivity contribution >= 4 is 129 Å². The molecule has 3 unspecified atom stereocenters. The third-order valence-electron chi connectivity index (χ3n) is 11.7. The Balaban J connectivity index is 1.13. The van der Waals surface area contributed by atoms with Crippen molar-refractivity contribution in [2.24, 2.45) is 10.2 Å². The molecule has 1 amide bonds. The number of ether oxygens (including phenoxy) is 2. The van der Waals surface area contributed by atoms with Crippen molar-refractivity contribution in [2.75, 3.05) is 22.5 Å². The van der Waals surface area contributed by atoms with E-state index >= 15 is 0 Å². The van der Waals surface area contributed by atoms with Gasteiger partial charge in [0.2, 0.25) is 11.1 Å². The Morgan fingerprint density at radius 3 is 1.94 bits per heavy atom. The number of benzene rings is 6. The van der Waals surface area contributed by atoms with E-state index in [0.717, 1.165) is 43.2 Å². The SMILES string of the molecule is CCCCCCCCCCC(Oc1ccc(S(=O)Oc2ccc(O)cc2)cc1)C(=O)Nc1ccc(Cl)c(Nc2[nH]n(-c3c(Cl)cc(Cl)cc3Cl)c(=O)c2N=Nc2ccc(NS(=O)Oc3cc(S(=O)(=O)O)cc(S(=O)(=O)O)c3)cc2OC)c1. The van der Waals surface area contributed by atoms with Crippen molar-refractivity contribution in [3.63, 3.8) is 0 Å². The monoisotopic (exact) mass is 1280 g/mol. The van der Waals surface area contributed by atoms with Crippen molar-refractivity contribution < 1.29 is 62.1 Å². The summed E-state index contributed by atoms with van der Waals surface area (Å²) in [7, 11) is -8.74. The number of azo groups is 1. The Morgan fingerprint density at radius 2 is 1.32 bits per heavy atom. The molecule has 3 atom stereocenters. The maximum Gasteiger partial charge on any atom is 0.316 e. The number of aromatic nitrogens is 2. The minimum atomic E-state index is -5.01. The van der Waals surface area contributed by atoms with Crippen LogP contribution in [0.2, 0.25) is 20.1 Å². The Bertz CT molecular complexity index is 3740. The lowest BCUT2D eigenvalue weighted by atomic mass is 10.1. The number of hydrogen-bond acceptors (Lipinski definition) is 16. The van der Waals surface area contributed by atoms with E-state index in [9.17, 15) is 49.1 Å². The third kappa shape index (κ3) is 17.4. The van der Waals surface area contributed by atoms with Gasteiger partial charge in [-0.2, -0.15) is 21.0 Å². The zero-order chi connectivity index (χ0) is 59.3. The Morgan fingerprint density at radius 1 is 0.707 bits per heavy atom. The average Bonchev–Trinajstić information content (AvgIpc) is 3.94. The maximum atomic E-state index is 14.3. The standard InChI is InChI=1S/C52H51Cl4N7O15S4/c1-3-4-5-6-7-8-9-10-11-46(76-35-18-20-38(21-19-35)79(67)77-36-16-14-34(64)15-17-36)51(65)57-32-12-22-41(54)45(26-32)58-50-48(52(66)63(61-50)49-42(55)24-31(53)25-43(49)56)60-59-44-23-13-33(27-47(44)75-2)62-80(68)78-37-28-39(81(69,70)71)30-40(29-37)82(72,73)74/h12-30,46,58,61-62,64H,3-11H2,1-2H3,(H,57,65)(H,69,70,71)(H,72,73,74). The van der Waals surface area contributed by atoms with E-state index in [-0.39, 0.29) is 77.3 Å². The van der Waals surface area contributed by atoms with Gasteiger partial charge >= 0.3 is 16.8 Å². The number of aromatic hydroxyl groups is 1. The van der Waals surface area contributed by atoms with Gasteiger partial charge in [-0.15, -0.1) is 10.2 Å². The molecular weight excluding hydrogens is 1230 g/mol. The highest BCUT2D eigenvalue weighted by molar-refractivity contribution is 7.86. The lowest BCUT2D eigenvalue weighted by Gasteiger charge is -2.20. The topological polar surface area (TPSA) is 316 Å². The molecule has 6 aromatic carbocycles. The number of nitrogens with one attached hydrogen (secondary N) is 4. The van der Waals surface area contributed by atoms with Gasteiger partial charge in [-0.25, -0.2) is 8.89 Å². The number of carbonyl (C=O) groups excluding carboxylic acids is 1. The number of carbonyl (C=O) groups is 1. The number of amides is 1. The number of halogens is 4. The molecule has 0 saturated heterocycles. The van der Waals surface area contributed by atoms with Gasteiger partial charge in [0.15, 0.2) is 17.6 Å². The molecule has 7 rings (SSSR count). The first-order valence-electron chi connectivity index (χ1n) is 24.6. The molecule has 0 bridgehead atoms. The van der Waals surface area contributed by atoms with Crippen LogP contribution in [-0.4, -0.2) is 68.4 Å². The van der Waals surface area contributed by atoms with E-state index in [4.69, 9.17) is 64.2 Å². The van der Waals surface area contributed by atoms with Crippen molar-refractivity contribution in [3.8, 4) is 34.4 Å². The minimum absolute atomic E-state index is 0.00987. The van der Waals surface area contributed by atoms with Crippen LogP contribution in [0.25, 0.3) is 5.69 Å². The Hall–Kier alpha value is -6.72. The number of aromatic amines is 1. The maximum absolute atomic E-state index is 14.3. The fraction of sp³-hybridized carbons (Fsp3) is 0.231. The number of hydrogen-bond donors (Lipinski definition) is 7. The van der Waals surface area contributed by atoms with Gasteiger partial charge in [-0.05, 0) is 110 Å². The van der Waals surface area contributed by atoms with Crippen LogP contribution in [0.5, 0.6) is 28.7 Å². The predicted octanol–water partition coefficient (Wildman–Crippen LogP) is 13.2. The molecule has 0 fully saturated rings. The summed E-state index contributed by atoms with van der Waals surface area (Å²) in [5, 5.41) is 27.2. The smallest absolute Gasteiger partial charge is 0.316 e. The van der Waals surface area contributed by atoms with Crippen LogP contribution in [-0.2, 0) is 47.4 Å². The molecule has 1 heterocycles. The van der Waals surface area contributed by atoms with E-state index in [0.29, 0.717) is 41.7 Å². The van der Waals surface area contributed by atoms with Crippen LogP contribution >= 0.6 is 46.4 Å². The third-order valence-corrected chi connectivity index (χ3v) is 16.3. The molecule has 0 aliphatic heterocycles. The minimum Gasteiger partial charge on any atom is -0.508 e. The fourth-order valence-corrected chi connectivity index (χ4v) is 11.4. The lowest BCUT2D eigenvalue weighted by Crippen LogP contribution is -2.33. The average molecular weight is 1280 g/mol. The number of anilines is 4. The lowest BCUT2D eigenvalue weighted by molar-refractivity contribution is -0.123.